The van der Waals surface area contributed by atoms with Crippen molar-refractivity contribution in [2.75, 3.05) is 19.8 Å². The third-order valence-electron chi connectivity index (χ3n) is 2.74. The Balaban J connectivity index is 2.64. The number of rotatable bonds is 8. The molecule has 0 aliphatic rings. The van der Waals surface area contributed by atoms with Gasteiger partial charge in [0.1, 0.15) is 12.4 Å². The highest BCUT2D eigenvalue weighted by Crippen LogP contribution is 2.18. The molecule has 1 atom stereocenters. The highest BCUT2D eigenvalue weighted by atomic mass is 16.5. The van der Waals surface area contributed by atoms with Crippen molar-refractivity contribution in [3.8, 4) is 5.75 Å². The molecular formula is C14H24N2O2. The summed E-state index contributed by atoms with van der Waals surface area (Å²) in [5, 5.41) is 0. The van der Waals surface area contributed by atoms with E-state index in [-0.39, 0.29) is 6.04 Å². The van der Waals surface area contributed by atoms with Crippen LogP contribution >= 0.6 is 0 Å². The van der Waals surface area contributed by atoms with Crippen LogP contribution in [0.2, 0.25) is 0 Å². The lowest BCUT2D eigenvalue weighted by molar-refractivity contribution is 0.109. The topological polar surface area (TPSA) is 57.4 Å². The molecule has 18 heavy (non-hydrogen) atoms. The van der Waals surface area contributed by atoms with Gasteiger partial charge in [0.25, 0.3) is 0 Å². The maximum absolute atomic E-state index is 5.98. The van der Waals surface area contributed by atoms with Gasteiger partial charge < -0.3 is 15.2 Å². The van der Waals surface area contributed by atoms with Crippen LogP contribution in [0.25, 0.3) is 0 Å². The van der Waals surface area contributed by atoms with Gasteiger partial charge in [0.15, 0.2) is 0 Å². The zero-order valence-corrected chi connectivity index (χ0v) is 11.6. The summed E-state index contributed by atoms with van der Waals surface area (Å²) in [5.41, 5.74) is 7.92. The molecule has 1 heterocycles. The Morgan fingerprint density at radius 3 is 2.72 bits per heavy atom. The van der Waals surface area contributed by atoms with E-state index in [1.807, 2.05) is 26.0 Å². The highest BCUT2D eigenvalue weighted by Gasteiger charge is 2.10. The summed E-state index contributed by atoms with van der Waals surface area (Å²) in [4.78, 5) is 4.51. The summed E-state index contributed by atoms with van der Waals surface area (Å²) < 4.78 is 10.9. The fourth-order valence-corrected chi connectivity index (χ4v) is 1.62. The number of aryl methyl sites for hydroxylation is 1. The molecule has 0 bridgehead atoms. The number of nitrogens with zero attached hydrogens (tertiary/aromatic N) is 1. The zero-order chi connectivity index (χ0) is 13.4. The molecule has 0 fully saturated rings. The molecule has 1 aromatic heterocycles. The van der Waals surface area contributed by atoms with Crippen LogP contribution in [0.4, 0.5) is 0 Å². The average Bonchev–Trinajstić information content (AvgIpc) is 2.36. The van der Waals surface area contributed by atoms with Crippen LogP contribution in [-0.2, 0) is 11.2 Å². The van der Waals surface area contributed by atoms with E-state index >= 15 is 0 Å². The van der Waals surface area contributed by atoms with Gasteiger partial charge in [0, 0.05) is 24.8 Å². The van der Waals surface area contributed by atoms with Gasteiger partial charge >= 0.3 is 0 Å². The zero-order valence-electron chi connectivity index (χ0n) is 11.6. The predicted octanol–water partition coefficient (Wildman–Crippen LogP) is 2.09. The summed E-state index contributed by atoms with van der Waals surface area (Å²) in [6.45, 7) is 7.89. The van der Waals surface area contributed by atoms with Crippen LogP contribution in [0.15, 0.2) is 12.1 Å². The Morgan fingerprint density at radius 2 is 2.06 bits per heavy atom. The summed E-state index contributed by atoms with van der Waals surface area (Å²) >= 11 is 0. The van der Waals surface area contributed by atoms with Crippen molar-refractivity contribution in [1.82, 2.24) is 4.98 Å². The molecule has 102 valence electrons. The summed E-state index contributed by atoms with van der Waals surface area (Å²) in [5.74, 6) is 0.823. The third kappa shape index (κ3) is 5.02. The first kappa shape index (κ1) is 14.9. The molecule has 0 saturated carbocycles. The summed E-state index contributed by atoms with van der Waals surface area (Å²) in [7, 11) is 0. The Hall–Kier alpha value is -1.13. The Morgan fingerprint density at radius 1 is 1.28 bits per heavy atom. The Kier molecular flexibility index (Phi) is 6.68. The van der Waals surface area contributed by atoms with E-state index in [1.165, 1.54) is 0 Å². The van der Waals surface area contributed by atoms with Crippen molar-refractivity contribution in [1.29, 1.82) is 0 Å². The van der Waals surface area contributed by atoms with Crippen LogP contribution in [0.1, 0.15) is 31.7 Å². The Bertz CT molecular complexity index is 356. The van der Waals surface area contributed by atoms with E-state index in [2.05, 4.69) is 11.9 Å². The first-order valence-electron chi connectivity index (χ1n) is 6.60. The summed E-state index contributed by atoms with van der Waals surface area (Å²) in [6, 6.07) is 4.05. The molecule has 0 spiro atoms. The van der Waals surface area contributed by atoms with Gasteiger partial charge in [-0.1, -0.05) is 6.92 Å². The molecular weight excluding hydrogens is 228 g/mol. The molecule has 0 aliphatic carbocycles. The largest absolute Gasteiger partial charge is 0.489 e. The fraction of sp³-hybridized carbons (Fsp3) is 0.643. The lowest BCUT2D eigenvalue weighted by Gasteiger charge is -2.14. The molecule has 4 heteroatoms. The minimum absolute atomic E-state index is 0.133. The van der Waals surface area contributed by atoms with E-state index in [0.717, 1.165) is 30.0 Å². The minimum Gasteiger partial charge on any atom is -0.489 e. The van der Waals surface area contributed by atoms with Crippen molar-refractivity contribution in [3.63, 3.8) is 0 Å². The molecule has 0 aliphatic heterocycles. The van der Waals surface area contributed by atoms with Gasteiger partial charge in [0.05, 0.1) is 12.3 Å². The van der Waals surface area contributed by atoms with E-state index in [0.29, 0.717) is 19.8 Å². The maximum Gasteiger partial charge on any atom is 0.140 e. The van der Waals surface area contributed by atoms with Crippen LogP contribution in [0, 0.1) is 6.92 Å². The molecule has 1 aromatic rings. The van der Waals surface area contributed by atoms with E-state index in [9.17, 15) is 0 Å². The minimum atomic E-state index is 0.133. The molecule has 0 radical (unpaired) electrons. The predicted molar refractivity (Wildman–Crippen MR) is 72.9 cm³/mol. The van der Waals surface area contributed by atoms with Crippen molar-refractivity contribution < 1.29 is 9.47 Å². The SMILES string of the molecule is CCOCCOc1ccc(C)nc1CC(N)CC. The monoisotopic (exact) mass is 252 g/mol. The molecule has 1 rings (SSSR count). The standard InChI is InChI=1S/C14H24N2O2/c1-4-12(15)10-13-14(7-6-11(3)16-13)18-9-8-17-5-2/h6-7,12H,4-5,8-10,15H2,1-3H3. The van der Waals surface area contributed by atoms with E-state index in [1.54, 1.807) is 0 Å². The molecule has 0 saturated heterocycles. The number of aromatic nitrogens is 1. The van der Waals surface area contributed by atoms with Crippen molar-refractivity contribution >= 4 is 0 Å². The van der Waals surface area contributed by atoms with Crippen LogP contribution in [0.5, 0.6) is 5.75 Å². The van der Waals surface area contributed by atoms with Crippen LogP contribution in [-0.4, -0.2) is 30.8 Å². The second kappa shape index (κ2) is 8.06. The molecule has 1 unspecified atom stereocenters. The second-order valence-electron chi connectivity index (χ2n) is 4.32. The van der Waals surface area contributed by atoms with Gasteiger partial charge in [-0.05, 0) is 32.4 Å². The number of hydrogen-bond acceptors (Lipinski definition) is 4. The smallest absolute Gasteiger partial charge is 0.140 e. The van der Waals surface area contributed by atoms with E-state index < -0.39 is 0 Å². The maximum atomic E-state index is 5.98. The fourth-order valence-electron chi connectivity index (χ4n) is 1.62. The van der Waals surface area contributed by atoms with Crippen molar-refractivity contribution in [3.05, 3.63) is 23.5 Å². The van der Waals surface area contributed by atoms with Gasteiger partial charge in [-0.25, -0.2) is 0 Å². The quantitative estimate of drug-likeness (QED) is 0.720. The highest BCUT2D eigenvalue weighted by molar-refractivity contribution is 5.30. The first-order valence-corrected chi connectivity index (χ1v) is 6.60. The summed E-state index contributed by atoms with van der Waals surface area (Å²) in [6.07, 6.45) is 1.69. The normalized spacial score (nSPS) is 12.4. The van der Waals surface area contributed by atoms with Gasteiger partial charge in [-0.2, -0.15) is 0 Å². The van der Waals surface area contributed by atoms with Gasteiger partial charge in [-0.3, -0.25) is 4.98 Å². The van der Waals surface area contributed by atoms with Gasteiger partial charge in [-0.15, -0.1) is 0 Å². The lowest BCUT2D eigenvalue weighted by atomic mass is 10.1. The van der Waals surface area contributed by atoms with Crippen LogP contribution < -0.4 is 10.5 Å². The Labute approximate surface area is 110 Å². The second-order valence-corrected chi connectivity index (χ2v) is 4.32. The molecule has 2 N–H and O–H groups in total. The number of hydrogen-bond donors (Lipinski definition) is 1. The third-order valence-corrected chi connectivity index (χ3v) is 2.74. The number of nitrogens with two attached hydrogens (primary N) is 1. The van der Waals surface area contributed by atoms with Crippen LogP contribution in [0.3, 0.4) is 0 Å². The average molecular weight is 252 g/mol. The van der Waals surface area contributed by atoms with E-state index in [4.69, 9.17) is 15.2 Å². The number of pyridine rings is 1. The lowest BCUT2D eigenvalue weighted by Crippen LogP contribution is -2.22. The van der Waals surface area contributed by atoms with Crippen molar-refractivity contribution in [2.24, 2.45) is 5.73 Å². The molecule has 0 amide bonds. The number of ether oxygens (including phenoxy) is 2. The molecule has 4 nitrogen and oxygen atoms in total. The first-order chi connectivity index (χ1) is 8.67. The van der Waals surface area contributed by atoms with Gasteiger partial charge in [0.2, 0.25) is 0 Å². The molecule has 0 aromatic carbocycles. The van der Waals surface area contributed by atoms with Crippen molar-refractivity contribution in [2.45, 2.75) is 39.7 Å².